The number of amides is 1. The number of nitrogens with two attached hydrogens (primary N) is 1. The van der Waals surface area contributed by atoms with Crippen molar-refractivity contribution in [3.8, 4) is 6.07 Å². The predicted molar refractivity (Wildman–Crippen MR) is 257 cm³/mol. The van der Waals surface area contributed by atoms with Crippen molar-refractivity contribution < 1.29 is 27.4 Å². The van der Waals surface area contributed by atoms with Gasteiger partial charge in [0.25, 0.3) is 6.43 Å². The average molecular weight is 920 g/mol. The number of rotatable bonds is 20. The second kappa shape index (κ2) is 27.8. The SMILES string of the molecule is C=N/C(=C(C=NC1CCN(S(=O)c2ccc(C#N)c(CC(C)CN3CCC(c4ccc5c(NC)nn(C)c5c4)CC3)c2)CC1)/C=C(\C=O)C(F)F)N(C)C(C)C.CN.O=CCCNC=O. The number of aldehydes is 2. The Morgan fingerprint density at radius 3 is 2.34 bits per heavy atom. The van der Waals surface area contributed by atoms with Crippen LogP contribution in [0, 0.1) is 17.2 Å². The summed E-state index contributed by atoms with van der Waals surface area (Å²) < 4.78 is 44.7. The van der Waals surface area contributed by atoms with Crippen molar-refractivity contribution >= 4 is 59.6 Å². The zero-order valence-electron chi connectivity index (χ0n) is 38.9. The quantitative estimate of drug-likeness (QED) is 0.0420. The zero-order valence-corrected chi connectivity index (χ0v) is 39.7. The van der Waals surface area contributed by atoms with Gasteiger partial charge in [0.2, 0.25) is 6.41 Å². The van der Waals surface area contributed by atoms with Crippen molar-refractivity contribution in [2.45, 2.75) is 88.6 Å². The number of nitriles is 1. The van der Waals surface area contributed by atoms with Gasteiger partial charge in [-0.3, -0.25) is 19.3 Å². The number of aryl methyl sites for hydroxylation is 1. The average Bonchev–Trinajstić information content (AvgIpc) is 3.65. The molecular formula is C47H67F2N11O4S. The van der Waals surface area contributed by atoms with Crippen LogP contribution in [0.15, 0.2) is 74.3 Å². The van der Waals surface area contributed by atoms with Gasteiger partial charge < -0.3 is 31.0 Å². The molecule has 3 heterocycles. The van der Waals surface area contributed by atoms with Crippen LogP contribution >= 0.6 is 0 Å². The number of hydrogen-bond acceptors (Lipinski definition) is 12. The molecule has 1 amide bonds. The van der Waals surface area contributed by atoms with Crippen LogP contribution in [-0.4, -0.2) is 139 Å². The van der Waals surface area contributed by atoms with Gasteiger partial charge in [0.05, 0.1) is 33.7 Å². The molecule has 0 aliphatic carbocycles. The van der Waals surface area contributed by atoms with E-state index in [1.165, 1.54) is 18.8 Å². The number of likely N-dealkylation sites (tertiary alicyclic amines) is 1. The fourth-order valence-corrected chi connectivity index (χ4v) is 9.10. The molecule has 1 aromatic heterocycles. The van der Waals surface area contributed by atoms with Crippen molar-refractivity contribution in [1.29, 1.82) is 5.26 Å². The number of allylic oxidation sites excluding steroid dienone is 3. The highest BCUT2D eigenvalue weighted by Crippen LogP contribution is 2.33. The molecule has 0 bridgehead atoms. The number of alkyl halides is 2. The molecule has 2 saturated heterocycles. The summed E-state index contributed by atoms with van der Waals surface area (Å²) in [7, 11) is 5.73. The molecule has 2 aliphatic rings. The van der Waals surface area contributed by atoms with E-state index in [-0.39, 0.29) is 23.9 Å². The first kappa shape index (κ1) is 53.9. The molecule has 3 aromatic rings. The van der Waals surface area contributed by atoms with Crippen molar-refractivity contribution in [2.75, 3.05) is 65.7 Å². The molecular weight excluding hydrogens is 853 g/mol. The number of nitrogens with zero attached hydrogens (tertiary/aromatic N) is 8. The third-order valence-corrected chi connectivity index (χ3v) is 13.0. The van der Waals surface area contributed by atoms with E-state index < -0.39 is 23.0 Å². The minimum Gasteiger partial charge on any atom is -0.371 e. The molecule has 18 heteroatoms. The highest BCUT2D eigenvalue weighted by Gasteiger charge is 2.26. The third-order valence-electron chi connectivity index (χ3n) is 11.5. The third kappa shape index (κ3) is 15.6. The summed E-state index contributed by atoms with van der Waals surface area (Å²) in [6.07, 6.45) is 5.66. The smallest absolute Gasteiger partial charge is 0.267 e. The van der Waals surface area contributed by atoms with E-state index >= 15 is 0 Å². The van der Waals surface area contributed by atoms with E-state index in [1.54, 1.807) is 24.1 Å². The van der Waals surface area contributed by atoms with Crippen LogP contribution in [0.25, 0.3) is 10.9 Å². The van der Waals surface area contributed by atoms with Gasteiger partial charge in [-0.25, -0.2) is 22.3 Å². The minimum absolute atomic E-state index is 0.00111. The minimum atomic E-state index is -2.94. The Hall–Kier alpha value is -5.48. The Morgan fingerprint density at radius 2 is 1.77 bits per heavy atom. The second-order valence-electron chi connectivity index (χ2n) is 16.2. The highest BCUT2D eigenvalue weighted by molar-refractivity contribution is 7.82. The summed E-state index contributed by atoms with van der Waals surface area (Å²) in [5.74, 6) is 2.05. The monoisotopic (exact) mass is 920 g/mol. The molecule has 354 valence electrons. The molecule has 2 fully saturated rings. The number of anilines is 1. The van der Waals surface area contributed by atoms with Crippen LogP contribution in [0.4, 0.5) is 14.6 Å². The molecule has 2 aliphatic heterocycles. The molecule has 0 saturated carbocycles. The number of hydrogen-bond donors (Lipinski definition) is 3. The van der Waals surface area contributed by atoms with Gasteiger partial charge in [-0.1, -0.05) is 13.0 Å². The van der Waals surface area contributed by atoms with Gasteiger partial charge in [-0.2, -0.15) is 10.4 Å². The van der Waals surface area contributed by atoms with Gasteiger partial charge in [0.1, 0.15) is 23.1 Å². The van der Waals surface area contributed by atoms with Crippen molar-refractivity contribution in [3.05, 3.63) is 76.1 Å². The highest BCUT2D eigenvalue weighted by atomic mass is 32.2. The first-order valence-electron chi connectivity index (χ1n) is 22.0. The summed E-state index contributed by atoms with van der Waals surface area (Å²) in [6.45, 7) is 14.1. The van der Waals surface area contributed by atoms with Gasteiger partial charge in [-0.05, 0) is 132 Å². The van der Waals surface area contributed by atoms with E-state index in [4.69, 9.17) is 0 Å². The summed E-state index contributed by atoms with van der Waals surface area (Å²) in [5, 5.41) is 21.2. The second-order valence-corrected chi connectivity index (χ2v) is 17.7. The zero-order chi connectivity index (χ0) is 48.1. The number of carbonyl (C=O) groups excluding carboxylic acids is 3. The van der Waals surface area contributed by atoms with Gasteiger partial charge >= 0.3 is 0 Å². The molecule has 0 radical (unpaired) electrons. The molecule has 15 nitrogen and oxygen atoms in total. The predicted octanol–water partition coefficient (Wildman–Crippen LogP) is 5.64. The van der Waals surface area contributed by atoms with Crippen LogP contribution in [-0.2, 0) is 38.8 Å². The summed E-state index contributed by atoms with van der Waals surface area (Å²) in [4.78, 5) is 44.1. The number of halogens is 2. The number of benzene rings is 2. The van der Waals surface area contributed by atoms with Crippen LogP contribution < -0.4 is 16.4 Å². The maximum Gasteiger partial charge on any atom is 0.267 e. The lowest BCUT2D eigenvalue weighted by Gasteiger charge is -2.34. The van der Waals surface area contributed by atoms with Gasteiger partial charge in [-0.15, -0.1) is 0 Å². The normalized spacial score (nSPS) is 16.7. The van der Waals surface area contributed by atoms with Gasteiger partial charge in [0.15, 0.2) is 12.1 Å². The maximum absolute atomic E-state index is 13.8. The van der Waals surface area contributed by atoms with Gasteiger partial charge in [0, 0.05) is 77.0 Å². The largest absolute Gasteiger partial charge is 0.371 e. The molecule has 2 atom stereocenters. The summed E-state index contributed by atoms with van der Waals surface area (Å²) in [5.41, 5.74) is 8.13. The molecule has 5 rings (SSSR count). The number of carbonyl (C=O) groups is 3. The Balaban J connectivity index is 0.00000114. The Bertz CT molecular complexity index is 2180. The van der Waals surface area contributed by atoms with Crippen molar-refractivity contribution in [2.24, 2.45) is 28.7 Å². The van der Waals surface area contributed by atoms with Crippen molar-refractivity contribution in [1.82, 2.24) is 29.2 Å². The number of aliphatic imine (C=N–C) groups is 2. The summed E-state index contributed by atoms with van der Waals surface area (Å²) in [6, 6.07) is 14.4. The number of nitrogens with one attached hydrogen (secondary N) is 2. The molecule has 65 heavy (non-hydrogen) atoms. The van der Waals surface area contributed by atoms with E-state index in [9.17, 15) is 32.6 Å². The van der Waals surface area contributed by atoms with Crippen LogP contribution in [0.2, 0.25) is 0 Å². The summed E-state index contributed by atoms with van der Waals surface area (Å²) >= 11 is 0. The topological polar surface area (TPSA) is 194 Å². The Morgan fingerprint density at radius 1 is 1.08 bits per heavy atom. The van der Waals surface area contributed by atoms with Crippen LogP contribution in [0.3, 0.4) is 0 Å². The first-order valence-corrected chi connectivity index (χ1v) is 23.1. The lowest BCUT2D eigenvalue weighted by Crippen LogP contribution is -2.37. The lowest BCUT2D eigenvalue weighted by atomic mass is 9.88. The van der Waals surface area contributed by atoms with E-state index in [2.05, 4.69) is 74.3 Å². The first-order chi connectivity index (χ1) is 31.3. The number of aromatic nitrogens is 2. The lowest BCUT2D eigenvalue weighted by molar-refractivity contribution is -0.110. The van der Waals surface area contributed by atoms with E-state index in [1.807, 2.05) is 43.0 Å². The molecule has 2 aromatic carbocycles. The molecule has 4 N–H and O–H groups in total. The molecule has 0 spiro atoms. The maximum atomic E-state index is 13.8. The fraction of sp³-hybridized carbons (Fsp3) is 0.511. The number of piperidine rings is 2. The van der Waals surface area contributed by atoms with Crippen LogP contribution in [0.1, 0.15) is 75.5 Å². The standard InChI is InChI=1S/C42H55F2N9O2S.C4H7NO2.CH5N/c1-28(2)50(6)42(47-5)34(21-35(27-54)40(43)44)25-48-36-14-18-53(19-15-36)56(55)37-10-8-32(24-45)33(22-37)20-29(3)26-52-16-12-30(13-17-52)31-9-11-38-39(23-31)51(7)49-41(38)46-4;6-3-1-2-5-4-7;1-2/h8-11,21-23,25,27-30,36,40H,5,12-20,26H2,1-4,6-7H3,(H,46,49);3-4H,1-2H2,(H,5,7);2H2,1H3/b35-21+,42-34+,48-25?;;. The fourth-order valence-electron chi connectivity index (χ4n) is 7.83. The Labute approximate surface area is 385 Å². The van der Waals surface area contributed by atoms with Crippen LogP contribution in [0.5, 0.6) is 0 Å². The Kier molecular flexibility index (Phi) is 23.0. The van der Waals surface area contributed by atoms with Crippen molar-refractivity contribution in [3.63, 3.8) is 0 Å². The van der Waals surface area contributed by atoms with E-state index in [0.29, 0.717) is 79.8 Å². The van der Waals surface area contributed by atoms with E-state index in [0.717, 1.165) is 67.1 Å². The molecule has 2 unspecified atom stereocenters. The number of fused-ring (bicyclic) bond motifs is 1.